The Kier molecular flexibility index (Phi) is 4.28. The molecule has 0 saturated heterocycles. The first-order valence-electron chi connectivity index (χ1n) is 7.96. The van der Waals surface area contributed by atoms with Gasteiger partial charge in [-0.1, -0.05) is 17.7 Å². The van der Waals surface area contributed by atoms with Gasteiger partial charge in [-0.05, 0) is 36.4 Å². The molecule has 7 nitrogen and oxygen atoms in total. The fourth-order valence-electron chi connectivity index (χ4n) is 2.60. The first kappa shape index (κ1) is 16.2. The number of nitrogens with zero attached hydrogens (tertiary/aromatic N) is 4. The van der Waals surface area contributed by atoms with Crippen LogP contribution in [0.5, 0.6) is 0 Å². The van der Waals surface area contributed by atoms with Crippen LogP contribution >= 0.6 is 11.6 Å². The number of amides is 2. The highest BCUT2D eigenvalue weighted by Crippen LogP contribution is 2.23. The van der Waals surface area contributed by atoms with Crippen LogP contribution in [0.25, 0.3) is 11.3 Å². The van der Waals surface area contributed by atoms with Gasteiger partial charge < -0.3 is 15.0 Å². The largest absolute Gasteiger partial charge is 0.332 e. The minimum atomic E-state index is -0.329. The highest BCUT2D eigenvalue weighted by Gasteiger charge is 2.08. The fraction of sp³-hybridized carbons (Fsp3) is 0.0556. The van der Waals surface area contributed by atoms with Gasteiger partial charge in [-0.25, -0.2) is 14.5 Å². The molecule has 0 aliphatic heterocycles. The second kappa shape index (κ2) is 6.89. The zero-order valence-corrected chi connectivity index (χ0v) is 14.4. The van der Waals surface area contributed by atoms with E-state index in [9.17, 15) is 4.79 Å². The van der Waals surface area contributed by atoms with Crippen LogP contribution in [-0.2, 0) is 6.54 Å². The molecule has 0 aliphatic rings. The molecule has 0 bridgehead atoms. The normalized spacial score (nSPS) is 10.8. The Bertz CT molecular complexity index is 1020. The van der Waals surface area contributed by atoms with Gasteiger partial charge in [0.15, 0.2) is 0 Å². The number of carbonyl (C=O) groups is 1. The van der Waals surface area contributed by atoms with Crippen LogP contribution in [0.1, 0.15) is 5.69 Å². The number of carbonyl (C=O) groups excluding carboxylic acids is 1. The number of rotatable bonds is 4. The summed E-state index contributed by atoms with van der Waals surface area (Å²) in [4.78, 5) is 16.5. The molecular weight excluding hydrogens is 352 g/mol. The van der Waals surface area contributed by atoms with Crippen molar-refractivity contribution in [3.05, 3.63) is 78.0 Å². The molecule has 0 saturated carbocycles. The summed E-state index contributed by atoms with van der Waals surface area (Å²) in [5.74, 6) is 0. The minimum Gasteiger partial charge on any atom is -0.332 e. The first-order chi connectivity index (χ1) is 12.7. The Balaban J connectivity index is 1.39. The molecule has 130 valence electrons. The van der Waals surface area contributed by atoms with Crippen molar-refractivity contribution >= 4 is 29.0 Å². The molecule has 2 amide bonds. The van der Waals surface area contributed by atoms with Gasteiger partial charge in [0.2, 0.25) is 0 Å². The predicted octanol–water partition coefficient (Wildman–Crippen LogP) is 3.50. The maximum absolute atomic E-state index is 12.1. The van der Waals surface area contributed by atoms with Crippen LogP contribution in [0, 0.1) is 0 Å². The summed E-state index contributed by atoms with van der Waals surface area (Å²) in [7, 11) is 0. The molecule has 8 heteroatoms. The third-order valence-corrected chi connectivity index (χ3v) is 4.10. The molecule has 0 aliphatic carbocycles. The monoisotopic (exact) mass is 366 g/mol. The average molecular weight is 367 g/mol. The number of anilines is 1. The Labute approximate surface area is 154 Å². The highest BCUT2D eigenvalue weighted by atomic mass is 35.5. The van der Waals surface area contributed by atoms with Crippen molar-refractivity contribution in [2.45, 2.75) is 6.54 Å². The number of hydrogen-bond acceptors (Lipinski definition) is 3. The average Bonchev–Trinajstić information content (AvgIpc) is 3.29. The maximum atomic E-state index is 12.1. The number of urea groups is 1. The van der Waals surface area contributed by atoms with E-state index in [-0.39, 0.29) is 6.03 Å². The molecule has 2 N–H and O–H groups in total. The van der Waals surface area contributed by atoms with Gasteiger partial charge in [0.25, 0.3) is 0 Å². The molecule has 4 aromatic rings. The molecule has 0 radical (unpaired) electrons. The number of pyridine rings is 1. The van der Waals surface area contributed by atoms with Gasteiger partial charge in [-0.2, -0.15) is 5.10 Å². The number of nitrogens with one attached hydrogen (secondary N) is 2. The van der Waals surface area contributed by atoms with Gasteiger partial charge in [-0.15, -0.1) is 0 Å². The molecular formula is C18H15ClN6O. The van der Waals surface area contributed by atoms with E-state index in [1.54, 1.807) is 35.3 Å². The summed E-state index contributed by atoms with van der Waals surface area (Å²) in [5, 5.41) is 10.2. The van der Waals surface area contributed by atoms with Crippen LogP contribution in [0.15, 0.2) is 67.3 Å². The van der Waals surface area contributed by atoms with Gasteiger partial charge >= 0.3 is 6.03 Å². The zero-order valence-electron chi connectivity index (χ0n) is 13.6. The summed E-state index contributed by atoms with van der Waals surface area (Å²) < 4.78 is 3.57. The van der Waals surface area contributed by atoms with Crippen molar-refractivity contribution in [3.63, 3.8) is 0 Å². The first-order valence-corrected chi connectivity index (χ1v) is 8.34. The molecule has 3 aromatic heterocycles. The molecule has 4 rings (SSSR count). The van der Waals surface area contributed by atoms with Crippen LogP contribution in [-0.4, -0.2) is 25.2 Å². The van der Waals surface area contributed by atoms with Gasteiger partial charge in [0.05, 0.1) is 22.9 Å². The van der Waals surface area contributed by atoms with E-state index in [4.69, 9.17) is 11.6 Å². The lowest BCUT2D eigenvalue weighted by molar-refractivity contribution is 0.251. The minimum absolute atomic E-state index is 0.326. The third kappa shape index (κ3) is 3.38. The van der Waals surface area contributed by atoms with E-state index in [1.165, 1.54) is 0 Å². The van der Waals surface area contributed by atoms with Crippen LogP contribution in [0.3, 0.4) is 0 Å². The van der Waals surface area contributed by atoms with Crippen LogP contribution < -0.4 is 10.6 Å². The summed E-state index contributed by atoms with van der Waals surface area (Å²) in [6, 6.07) is 12.5. The standard InChI is InChI=1S/C18H15ClN6O/c19-15-10-13(5-6-16(15)25-9-3-7-21-25)23-18(26)20-11-14-12-24-8-2-1-4-17(24)22-14/h1-10,12H,11H2,(H2,20,23,26). The summed E-state index contributed by atoms with van der Waals surface area (Å²) in [5.41, 5.74) is 2.95. The Morgan fingerprint density at radius 3 is 2.85 bits per heavy atom. The van der Waals surface area contributed by atoms with E-state index in [0.717, 1.165) is 17.0 Å². The van der Waals surface area contributed by atoms with Crippen LogP contribution in [0.2, 0.25) is 5.02 Å². The number of hydrogen-bond donors (Lipinski definition) is 2. The Hall–Kier alpha value is -3.32. The molecule has 0 unspecified atom stereocenters. The van der Waals surface area contributed by atoms with Gasteiger partial charge in [0, 0.05) is 30.5 Å². The lowest BCUT2D eigenvalue weighted by Gasteiger charge is -2.09. The fourth-order valence-corrected chi connectivity index (χ4v) is 2.87. The highest BCUT2D eigenvalue weighted by molar-refractivity contribution is 6.32. The zero-order chi connectivity index (χ0) is 17.9. The topological polar surface area (TPSA) is 76.2 Å². The van der Waals surface area contributed by atoms with E-state index < -0.39 is 0 Å². The number of halogens is 1. The number of benzene rings is 1. The Morgan fingerprint density at radius 1 is 1.15 bits per heavy atom. The third-order valence-electron chi connectivity index (χ3n) is 3.80. The summed E-state index contributed by atoms with van der Waals surface area (Å²) in [6.45, 7) is 0.326. The number of imidazole rings is 1. The molecule has 3 heterocycles. The van der Waals surface area contributed by atoms with E-state index in [1.807, 2.05) is 41.1 Å². The van der Waals surface area contributed by atoms with E-state index in [0.29, 0.717) is 17.3 Å². The molecule has 26 heavy (non-hydrogen) atoms. The van der Waals surface area contributed by atoms with Crippen LogP contribution in [0.4, 0.5) is 10.5 Å². The lowest BCUT2D eigenvalue weighted by atomic mass is 10.3. The van der Waals surface area contributed by atoms with Crippen molar-refractivity contribution < 1.29 is 4.79 Å². The molecule has 0 fully saturated rings. The second-order valence-corrected chi connectivity index (χ2v) is 6.03. The summed E-state index contributed by atoms with van der Waals surface area (Å²) in [6.07, 6.45) is 7.27. The van der Waals surface area contributed by atoms with Crippen molar-refractivity contribution in [2.24, 2.45) is 0 Å². The van der Waals surface area contributed by atoms with Crippen molar-refractivity contribution in [1.82, 2.24) is 24.5 Å². The van der Waals surface area contributed by atoms with Gasteiger partial charge in [-0.3, -0.25) is 0 Å². The summed E-state index contributed by atoms with van der Waals surface area (Å²) >= 11 is 6.28. The second-order valence-electron chi connectivity index (χ2n) is 5.62. The SMILES string of the molecule is O=C(NCc1cn2ccccc2n1)Nc1ccc(-n2cccn2)c(Cl)c1. The van der Waals surface area contributed by atoms with Crippen molar-refractivity contribution in [3.8, 4) is 5.69 Å². The number of fused-ring (bicyclic) bond motifs is 1. The molecule has 0 atom stereocenters. The lowest BCUT2D eigenvalue weighted by Crippen LogP contribution is -2.28. The number of aromatic nitrogens is 4. The van der Waals surface area contributed by atoms with Crippen molar-refractivity contribution in [2.75, 3.05) is 5.32 Å². The van der Waals surface area contributed by atoms with E-state index in [2.05, 4.69) is 20.7 Å². The maximum Gasteiger partial charge on any atom is 0.319 e. The quantitative estimate of drug-likeness (QED) is 0.580. The molecule has 1 aromatic carbocycles. The van der Waals surface area contributed by atoms with Gasteiger partial charge in [0.1, 0.15) is 5.65 Å². The smallest absolute Gasteiger partial charge is 0.319 e. The predicted molar refractivity (Wildman–Crippen MR) is 99.6 cm³/mol. The van der Waals surface area contributed by atoms with E-state index >= 15 is 0 Å². The van der Waals surface area contributed by atoms with Crippen molar-refractivity contribution in [1.29, 1.82) is 0 Å². The molecule has 0 spiro atoms. The Morgan fingerprint density at radius 2 is 2.08 bits per heavy atom.